The molecule has 0 aromatic carbocycles. The maximum atomic E-state index is 12.3. The molecule has 0 saturated carbocycles. The lowest BCUT2D eigenvalue weighted by molar-refractivity contribution is -0.130. The van der Waals surface area contributed by atoms with Crippen LogP contribution >= 0.6 is 0 Å². The summed E-state index contributed by atoms with van der Waals surface area (Å²) >= 11 is 0. The summed E-state index contributed by atoms with van der Waals surface area (Å²) < 4.78 is 10.5. The van der Waals surface area contributed by atoms with Crippen molar-refractivity contribution in [2.24, 2.45) is 11.8 Å². The number of rotatable bonds is 8. The number of carbonyl (C=O) groups excluding carboxylic acids is 1. The van der Waals surface area contributed by atoms with E-state index in [9.17, 15) is 4.79 Å². The van der Waals surface area contributed by atoms with E-state index in [1.807, 2.05) is 4.90 Å². The molecule has 0 aliphatic carbocycles. The van der Waals surface area contributed by atoms with Gasteiger partial charge in [-0.05, 0) is 44.7 Å². The van der Waals surface area contributed by atoms with Crippen LogP contribution in [0.1, 0.15) is 32.1 Å². The van der Waals surface area contributed by atoms with Gasteiger partial charge in [0.15, 0.2) is 0 Å². The molecule has 2 aliphatic rings. The Hall–Kier alpha value is -0.650. The van der Waals surface area contributed by atoms with Crippen LogP contribution in [0, 0.1) is 11.8 Å². The Bertz CT molecular complexity index is 306. The molecule has 0 aromatic heterocycles. The summed E-state index contributed by atoms with van der Waals surface area (Å²) in [6.45, 7) is 6.05. The van der Waals surface area contributed by atoms with Gasteiger partial charge < -0.3 is 19.7 Å². The van der Waals surface area contributed by atoms with Crippen molar-refractivity contribution in [1.82, 2.24) is 10.2 Å². The van der Waals surface area contributed by atoms with Crippen LogP contribution in [-0.2, 0) is 14.3 Å². The van der Waals surface area contributed by atoms with E-state index in [4.69, 9.17) is 9.47 Å². The zero-order chi connectivity index (χ0) is 14.9. The van der Waals surface area contributed by atoms with Crippen LogP contribution < -0.4 is 5.32 Å². The number of ether oxygens (including phenoxy) is 2. The van der Waals surface area contributed by atoms with Crippen molar-refractivity contribution in [2.75, 3.05) is 53.1 Å². The number of hydrogen-bond acceptors (Lipinski definition) is 4. The third-order valence-corrected chi connectivity index (χ3v) is 4.65. The molecule has 0 spiro atoms. The number of likely N-dealkylation sites (tertiary alicyclic amines) is 1. The zero-order valence-corrected chi connectivity index (χ0v) is 13.3. The van der Waals surface area contributed by atoms with Crippen molar-refractivity contribution in [3.8, 4) is 0 Å². The number of hydrogen-bond donors (Lipinski definition) is 1. The number of amides is 1. The quantitative estimate of drug-likeness (QED) is 0.686. The maximum absolute atomic E-state index is 12.3. The standard InChI is InChI=1S/C16H30N2O3/c1-20-10-11-21-13-15-6-9-18(12-15)16(19)3-2-14-4-7-17-8-5-14/h14-15,17H,2-13H2,1H3. The molecule has 1 unspecified atom stereocenters. The summed E-state index contributed by atoms with van der Waals surface area (Å²) in [6, 6.07) is 0. The zero-order valence-electron chi connectivity index (χ0n) is 13.3. The van der Waals surface area contributed by atoms with E-state index in [0.29, 0.717) is 25.0 Å². The highest BCUT2D eigenvalue weighted by Crippen LogP contribution is 2.21. The van der Waals surface area contributed by atoms with Crippen LogP contribution in [0.3, 0.4) is 0 Å². The Morgan fingerprint density at radius 1 is 1.19 bits per heavy atom. The largest absolute Gasteiger partial charge is 0.382 e. The van der Waals surface area contributed by atoms with Gasteiger partial charge in [0.05, 0.1) is 19.8 Å². The minimum Gasteiger partial charge on any atom is -0.382 e. The minimum absolute atomic E-state index is 0.341. The van der Waals surface area contributed by atoms with E-state index in [2.05, 4.69) is 5.32 Å². The van der Waals surface area contributed by atoms with E-state index in [0.717, 1.165) is 58.0 Å². The lowest BCUT2D eigenvalue weighted by Gasteiger charge is -2.23. The van der Waals surface area contributed by atoms with Gasteiger partial charge in [-0.15, -0.1) is 0 Å². The van der Waals surface area contributed by atoms with E-state index in [1.165, 1.54) is 12.8 Å². The topological polar surface area (TPSA) is 50.8 Å². The third kappa shape index (κ3) is 5.93. The fourth-order valence-corrected chi connectivity index (χ4v) is 3.24. The normalized spacial score (nSPS) is 23.7. The SMILES string of the molecule is COCCOCC1CCN(C(=O)CCC2CCNCC2)C1. The van der Waals surface area contributed by atoms with Crippen molar-refractivity contribution in [3.63, 3.8) is 0 Å². The summed E-state index contributed by atoms with van der Waals surface area (Å²) in [7, 11) is 1.68. The number of nitrogens with one attached hydrogen (secondary N) is 1. The molecule has 5 nitrogen and oxygen atoms in total. The van der Waals surface area contributed by atoms with Gasteiger partial charge in [0.1, 0.15) is 0 Å². The third-order valence-electron chi connectivity index (χ3n) is 4.65. The first-order chi connectivity index (χ1) is 10.3. The van der Waals surface area contributed by atoms with Crippen molar-refractivity contribution >= 4 is 5.91 Å². The molecule has 1 amide bonds. The molecule has 2 heterocycles. The van der Waals surface area contributed by atoms with E-state index < -0.39 is 0 Å². The molecule has 0 bridgehead atoms. The average molecular weight is 298 g/mol. The van der Waals surface area contributed by atoms with Gasteiger partial charge in [0.2, 0.25) is 5.91 Å². The summed E-state index contributed by atoms with van der Waals surface area (Å²) in [4.78, 5) is 14.3. The molecular formula is C16H30N2O3. The molecule has 2 fully saturated rings. The Balaban J connectivity index is 1.58. The summed E-state index contributed by atoms with van der Waals surface area (Å²) in [6.07, 6.45) is 5.31. The Morgan fingerprint density at radius 3 is 2.76 bits per heavy atom. The molecular weight excluding hydrogens is 268 g/mol. The highest BCUT2D eigenvalue weighted by atomic mass is 16.5. The number of carbonyl (C=O) groups is 1. The first-order valence-corrected chi connectivity index (χ1v) is 8.34. The van der Waals surface area contributed by atoms with Crippen LogP contribution in [0.25, 0.3) is 0 Å². The highest BCUT2D eigenvalue weighted by molar-refractivity contribution is 5.76. The first kappa shape index (κ1) is 16.7. The van der Waals surface area contributed by atoms with Gasteiger partial charge in [0.25, 0.3) is 0 Å². The Kier molecular flexibility index (Phi) is 7.47. The van der Waals surface area contributed by atoms with Gasteiger partial charge in [-0.1, -0.05) is 0 Å². The molecule has 2 rings (SSSR count). The smallest absolute Gasteiger partial charge is 0.222 e. The maximum Gasteiger partial charge on any atom is 0.222 e. The van der Waals surface area contributed by atoms with Crippen LogP contribution in [0.15, 0.2) is 0 Å². The van der Waals surface area contributed by atoms with E-state index in [-0.39, 0.29) is 0 Å². The molecule has 1 N–H and O–H groups in total. The molecule has 21 heavy (non-hydrogen) atoms. The van der Waals surface area contributed by atoms with Gasteiger partial charge >= 0.3 is 0 Å². The van der Waals surface area contributed by atoms with Crippen molar-refractivity contribution < 1.29 is 14.3 Å². The van der Waals surface area contributed by atoms with Crippen LogP contribution in [0.2, 0.25) is 0 Å². The molecule has 0 radical (unpaired) electrons. The fourth-order valence-electron chi connectivity index (χ4n) is 3.24. The molecule has 2 aliphatic heterocycles. The monoisotopic (exact) mass is 298 g/mol. The summed E-state index contributed by atoms with van der Waals surface area (Å²) in [5, 5.41) is 3.37. The lowest BCUT2D eigenvalue weighted by Crippen LogP contribution is -2.31. The Labute approximate surface area is 128 Å². The minimum atomic E-state index is 0.341. The van der Waals surface area contributed by atoms with Gasteiger partial charge in [-0.3, -0.25) is 4.79 Å². The molecule has 122 valence electrons. The molecule has 0 aromatic rings. The van der Waals surface area contributed by atoms with Gasteiger partial charge in [-0.2, -0.15) is 0 Å². The summed E-state index contributed by atoms with van der Waals surface area (Å²) in [5.74, 6) is 1.59. The average Bonchev–Trinajstić information content (AvgIpc) is 2.99. The number of piperidine rings is 1. The fraction of sp³-hybridized carbons (Fsp3) is 0.938. The first-order valence-electron chi connectivity index (χ1n) is 8.34. The number of methoxy groups -OCH3 is 1. The van der Waals surface area contributed by atoms with Crippen molar-refractivity contribution in [1.29, 1.82) is 0 Å². The van der Waals surface area contributed by atoms with E-state index >= 15 is 0 Å². The molecule has 5 heteroatoms. The van der Waals surface area contributed by atoms with Crippen molar-refractivity contribution in [3.05, 3.63) is 0 Å². The van der Waals surface area contributed by atoms with Gasteiger partial charge in [-0.25, -0.2) is 0 Å². The predicted molar refractivity (Wildman–Crippen MR) is 82.2 cm³/mol. The summed E-state index contributed by atoms with van der Waals surface area (Å²) in [5.41, 5.74) is 0. The van der Waals surface area contributed by atoms with Crippen LogP contribution in [-0.4, -0.2) is 63.9 Å². The van der Waals surface area contributed by atoms with E-state index in [1.54, 1.807) is 7.11 Å². The second-order valence-electron chi connectivity index (χ2n) is 6.29. The van der Waals surface area contributed by atoms with Crippen LogP contribution in [0.5, 0.6) is 0 Å². The predicted octanol–water partition coefficient (Wildman–Crippen LogP) is 1.28. The molecule has 2 saturated heterocycles. The van der Waals surface area contributed by atoms with Crippen LogP contribution in [0.4, 0.5) is 0 Å². The number of nitrogens with zero attached hydrogens (tertiary/aromatic N) is 1. The highest BCUT2D eigenvalue weighted by Gasteiger charge is 2.26. The van der Waals surface area contributed by atoms with Crippen molar-refractivity contribution in [2.45, 2.75) is 32.1 Å². The molecule has 1 atom stereocenters. The second-order valence-corrected chi connectivity index (χ2v) is 6.29. The Morgan fingerprint density at radius 2 is 2.00 bits per heavy atom. The van der Waals surface area contributed by atoms with Gasteiger partial charge in [0, 0.05) is 32.5 Å². The second kappa shape index (κ2) is 9.38. The lowest BCUT2D eigenvalue weighted by atomic mass is 9.93.